The van der Waals surface area contributed by atoms with Gasteiger partial charge in [0, 0.05) is 32.3 Å². The van der Waals surface area contributed by atoms with Crippen molar-refractivity contribution in [3.8, 4) is 11.8 Å². The molecule has 0 aliphatic heterocycles. The van der Waals surface area contributed by atoms with Crippen LogP contribution in [0.2, 0.25) is 0 Å². The van der Waals surface area contributed by atoms with Crippen molar-refractivity contribution < 1.29 is 9.47 Å². The zero-order valence-electron chi connectivity index (χ0n) is 15.8. The number of hydrogen-bond acceptors (Lipinski definition) is 4. The van der Waals surface area contributed by atoms with Crippen LogP contribution in [0.3, 0.4) is 0 Å². The van der Waals surface area contributed by atoms with E-state index < -0.39 is 0 Å². The topological polar surface area (TPSA) is 45.5 Å². The molecule has 0 unspecified atom stereocenters. The van der Waals surface area contributed by atoms with Crippen molar-refractivity contribution in [1.29, 1.82) is 5.26 Å². The van der Waals surface area contributed by atoms with Crippen LogP contribution in [0.25, 0.3) is 10.8 Å². The first-order chi connectivity index (χ1) is 13.2. The highest BCUT2D eigenvalue weighted by Gasteiger charge is 2.14. The summed E-state index contributed by atoms with van der Waals surface area (Å²) in [7, 11) is 3.44. The standard InChI is InChI=1S/C23H24N2O2/c1-26-14-13-25(16-19-9-7-18(15-24)8-10-19)17-22-21-6-4-3-5-20(21)11-12-23(22)27-2/h3-12H,13-14,16-17H2,1-2H3. The van der Waals surface area contributed by atoms with Crippen molar-refractivity contribution in [1.82, 2.24) is 4.90 Å². The molecule has 27 heavy (non-hydrogen) atoms. The number of ether oxygens (including phenoxy) is 2. The van der Waals surface area contributed by atoms with Crippen molar-refractivity contribution in [3.63, 3.8) is 0 Å². The Bertz CT molecular complexity index is 929. The van der Waals surface area contributed by atoms with Gasteiger partial charge in [0.25, 0.3) is 0 Å². The van der Waals surface area contributed by atoms with Gasteiger partial charge in [0.2, 0.25) is 0 Å². The lowest BCUT2D eigenvalue weighted by Gasteiger charge is -2.24. The molecule has 4 nitrogen and oxygen atoms in total. The molecular formula is C23H24N2O2. The van der Waals surface area contributed by atoms with E-state index in [0.717, 1.165) is 25.4 Å². The predicted molar refractivity (Wildman–Crippen MR) is 108 cm³/mol. The Morgan fingerprint density at radius 1 is 0.926 bits per heavy atom. The quantitative estimate of drug-likeness (QED) is 0.598. The van der Waals surface area contributed by atoms with Gasteiger partial charge in [-0.1, -0.05) is 42.5 Å². The van der Waals surface area contributed by atoms with Crippen LogP contribution < -0.4 is 4.74 Å². The van der Waals surface area contributed by atoms with Gasteiger partial charge in [-0.05, 0) is 34.5 Å². The maximum Gasteiger partial charge on any atom is 0.123 e. The molecule has 3 rings (SSSR count). The summed E-state index contributed by atoms with van der Waals surface area (Å²) in [6.45, 7) is 3.00. The molecule has 0 bridgehead atoms. The fourth-order valence-corrected chi connectivity index (χ4v) is 3.27. The third-order valence-electron chi connectivity index (χ3n) is 4.70. The summed E-state index contributed by atoms with van der Waals surface area (Å²) in [5, 5.41) is 11.4. The van der Waals surface area contributed by atoms with Crippen LogP contribution >= 0.6 is 0 Å². The highest BCUT2D eigenvalue weighted by molar-refractivity contribution is 5.87. The molecular weight excluding hydrogens is 336 g/mol. The molecule has 3 aromatic carbocycles. The van der Waals surface area contributed by atoms with Gasteiger partial charge in [-0.15, -0.1) is 0 Å². The smallest absolute Gasteiger partial charge is 0.123 e. The lowest BCUT2D eigenvalue weighted by molar-refractivity contribution is 0.139. The minimum atomic E-state index is 0.656. The first kappa shape index (κ1) is 18.9. The van der Waals surface area contributed by atoms with Gasteiger partial charge in [-0.3, -0.25) is 4.90 Å². The van der Waals surface area contributed by atoms with E-state index >= 15 is 0 Å². The molecule has 0 aromatic heterocycles. The Kier molecular flexibility index (Phi) is 6.43. The summed E-state index contributed by atoms with van der Waals surface area (Å²) in [6, 6.07) is 22.4. The second-order valence-electron chi connectivity index (χ2n) is 6.48. The van der Waals surface area contributed by atoms with Crippen LogP contribution in [-0.2, 0) is 17.8 Å². The van der Waals surface area contributed by atoms with E-state index in [1.54, 1.807) is 14.2 Å². The zero-order valence-corrected chi connectivity index (χ0v) is 15.8. The number of hydrogen-bond donors (Lipinski definition) is 0. The van der Waals surface area contributed by atoms with E-state index in [9.17, 15) is 0 Å². The number of nitrogens with zero attached hydrogens (tertiary/aromatic N) is 2. The van der Waals surface area contributed by atoms with E-state index in [1.165, 1.54) is 21.9 Å². The Labute approximate surface area is 160 Å². The summed E-state index contributed by atoms with van der Waals surface area (Å²) in [6.07, 6.45) is 0. The number of benzene rings is 3. The molecule has 0 aliphatic carbocycles. The van der Waals surface area contributed by atoms with Crippen molar-refractivity contribution >= 4 is 10.8 Å². The van der Waals surface area contributed by atoms with Gasteiger partial charge in [-0.2, -0.15) is 5.26 Å². The van der Waals surface area contributed by atoms with E-state index in [1.807, 2.05) is 30.3 Å². The summed E-state index contributed by atoms with van der Waals surface area (Å²) < 4.78 is 11.0. The summed E-state index contributed by atoms with van der Waals surface area (Å²) in [4.78, 5) is 2.34. The average Bonchev–Trinajstić information content (AvgIpc) is 2.72. The molecule has 0 spiro atoms. The third-order valence-corrected chi connectivity index (χ3v) is 4.70. The molecule has 0 amide bonds. The summed E-state index contributed by atoms with van der Waals surface area (Å²) in [5.41, 5.74) is 3.03. The molecule has 0 radical (unpaired) electrons. The number of fused-ring (bicyclic) bond motifs is 1. The van der Waals surface area contributed by atoms with Crippen molar-refractivity contribution in [2.75, 3.05) is 27.4 Å². The Morgan fingerprint density at radius 2 is 1.70 bits per heavy atom. The molecule has 0 saturated carbocycles. The first-order valence-corrected chi connectivity index (χ1v) is 9.00. The molecule has 4 heteroatoms. The Hall–Kier alpha value is -2.87. The number of nitriles is 1. The molecule has 0 heterocycles. The fraction of sp³-hybridized carbons (Fsp3) is 0.261. The Morgan fingerprint density at radius 3 is 2.41 bits per heavy atom. The van der Waals surface area contributed by atoms with Gasteiger partial charge in [0.15, 0.2) is 0 Å². The van der Waals surface area contributed by atoms with Crippen LogP contribution in [0.4, 0.5) is 0 Å². The molecule has 0 saturated heterocycles. The van der Waals surface area contributed by atoms with Crippen LogP contribution in [0.15, 0.2) is 60.7 Å². The summed E-state index contributed by atoms with van der Waals surface area (Å²) in [5.74, 6) is 0.899. The van der Waals surface area contributed by atoms with Crippen molar-refractivity contribution in [3.05, 3.63) is 77.4 Å². The van der Waals surface area contributed by atoms with Crippen LogP contribution in [0, 0.1) is 11.3 Å². The minimum Gasteiger partial charge on any atom is -0.496 e. The SMILES string of the molecule is COCCN(Cc1ccc(C#N)cc1)Cc1c(OC)ccc2ccccc12. The molecule has 138 valence electrons. The first-order valence-electron chi connectivity index (χ1n) is 9.00. The lowest BCUT2D eigenvalue weighted by Crippen LogP contribution is -2.27. The Balaban J connectivity index is 1.89. The monoisotopic (exact) mass is 360 g/mol. The van der Waals surface area contributed by atoms with Crippen LogP contribution in [0.1, 0.15) is 16.7 Å². The van der Waals surface area contributed by atoms with E-state index in [2.05, 4.69) is 41.3 Å². The average molecular weight is 360 g/mol. The van der Waals surface area contributed by atoms with Gasteiger partial charge in [-0.25, -0.2) is 0 Å². The normalized spacial score (nSPS) is 10.9. The maximum atomic E-state index is 8.99. The summed E-state index contributed by atoms with van der Waals surface area (Å²) >= 11 is 0. The zero-order chi connectivity index (χ0) is 19.1. The lowest BCUT2D eigenvalue weighted by atomic mass is 10.0. The predicted octanol–water partition coefficient (Wildman–Crippen LogP) is 4.37. The van der Waals surface area contributed by atoms with Crippen molar-refractivity contribution in [2.24, 2.45) is 0 Å². The van der Waals surface area contributed by atoms with E-state index in [-0.39, 0.29) is 0 Å². The molecule has 0 aliphatic rings. The van der Waals surface area contributed by atoms with Gasteiger partial charge < -0.3 is 9.47 Å². The highest BCUT2D eigenvalue weighted by atomic mass is 16.5. The number of rotatable bonds is 8. The fourth-order valence-electron chi connectivity index (χ4n) is 3.27. The minimum absolute atomic E-state index is 0.656. The van der Waals surface area contributed by atoms with Gasteiger partial charge in [0.05, 0.1) is 25.3 Å². The van der Waals surface area contributed by atoms with Gasteiger partial charge >= 0.3 is 0 Å². The van der Waals surface area contributed by atoms with Crippen LogP contribution in [0.5, 0.6) is 5.75 Å². The van der Waals surface area contributed by atoms with E-state index in [0.29, 0.717) is 12.2 Å². The molecule has 0 atom stereocenters. The maximum absolute atomic E-state index is 8.99. The molecule has 0 fully saturated rings. The second-order valence-corrected chi connectivity index (χ2v) is 6.48. The van der Waals surface area contributed by atoms with Crippen molar-refractivity contribution in [2.45, 2.75) is 13.1 Å². The molecule has 3 aromatic rings. The number of methoxy groups -OCH3 is 2. The van der Waals surface area contributed by atoms with Gasteiger partial charge in [0.1, 0.15) is 5.75 Å². The van der Waals surface area contributed by atoms with Crippen LogP contribution in [-0.4, -0.2) is 32.3 Å². The largest absolute Gasteiger partial charge is 0.496 e. The highest BCUT2D eigenvalue weighted by Crippen LogP contribution is 2.29. The molecule has 0 N–H and O–H groups in total. The third kappa shape index (κ3) is 4.65. The van der Waals surface area contributed by atoms with E-state index in [4.69, 9.17) is 14.7 Å². The second kappa shape index (κ2) is 9.18.